The van der Waals surface area contributed by atoms with E-state index in [0.29, 0.717) is 23.6 Å². The zero-order valence-electron chi connectivity index (χ0n) is 13.8. The second-order valence-corrected chi connectivity index (χ2v) is 5.49. The molecule has 0 radical (unpaired) electrons. The van der Waals surface area contributed by atoms with Crippen LogP contribution in [0, 0.1) is 6.92 Å². The minimum atomic E-state index is 0. The number of amides is 1. The van der Waals surface area contributed by atoms with Gasteiger partial charge in [0, 0.05) is 36.3 Å². The molecule has 0 saturated carbocycles. The van der Waals surface area contributed by atoms with Crippen molar-refractivity contribution in [1.29, 1.82) is 0 Å². The molecule has 1 fully saturated rings. The first-order valence-corrected chi connectivity index (χ1v) is 7.26. The van der Waals surface area contributed by atoms with E-state index in [4.69, 9.17) is 9.47 Å². The van der Waals surface area contributed by atoms with E-state index < -0.39 is 0 Å². The van der Waals surface area contributed by atoms with E-state index in [1.807, 2.05) is 11.8 Å². The maximum Gasteiger partial charge on any atom is 0.254 e. The fraction of sp³-hybridized carbons (Fsp3) is 0.562. The maximum absolute atomic E-state index is 12.8. The first kappa shape index (κ1) is 18.6. The standard InChI is InChI=1S/C16H24N2O3.ClH/c1-10-14(20-4)8-13(9-15(10)21-5)16(19)18-7-6-17-11(2)12(18)3;/h8-9,11-12,17H,6-7H2,1-5H3;1H. The van der Waals surface area contributed by atoms with Gasteiger partial charge in [0.05, 0.1) is 14.2 Å². The molecule has 1 aliphatic rings. The first-order valence-electron chi connectivity index (χ1n) is 7.26. The Balaban J connectivity index is 0.00000242. The number of nitrogens with one attached hydrogen (secondary N) is 1. The van der Waals surface area contributed by atoms with E-state index in [1.54, 1.807) is 26.4 Å². The molecule has 2 rings (SSSR count). The van der Waals surface area contributed by atoms with Crippen molar-refractivity contribution >= 4 is 18.3 Å². The summed E-state index contributed by atoms with van der Waals surface area (Å²) in [5, 5.41) is 3.38. The molecule has 1 amide bonds. The van der Waals surface area contributed by atoms with E-state index in [9.17, 15) is 4.79 Å². The molecule has 5 nitrogen and oxygen atoms in total. The van der Waals surface area contributed by atoms with Crippen LogP contribution < -0.4 is 14.8 Å². The highest BCUT2D eigenvalue weighted by Gasteiger charge is 2.29. The van der Waals surface area contributed by atoms with Gasteiger partial charge in [0.15, 0.2) is 0 Å². The summed E-state index contributed by atoms with van der Waals surface area (Å²) in [4.78, 5) is 14.7. The molecule has 2 unspecified atom stereocenters. The molecule has 1 aliphatic heterocycles. The van der Waals surface area contributed by atoms with Crippen molar-refractivity contribution in [3.63, 3.8) is 0 Å². The Hall–Kier alpha value is -1.46. The summed E-state index contributed by atoms with van der Waals surface area (Å²) in [5.41, 5.74) is 1.51. The minimum Gasteiger partial charge on any atom is -0.496 e. The van der Waals surface area contributed by atoms with Gasteiger partial charge in [-0.1, -0.05) is 0 Å². The van der Waals surface area contributed by atoms with Crippen molar-refractivity contribution in [2.75, 3.05) is 27.3 Å². The fourth-order valence-corrected chi connectivity index (χ4v) is 2.72. The van der Waals surface area contributed by atoms with E-state index in [-0.39, 0.29) is 30.4 Å². The molecule has 1 aromatic rings. The van der Waals surface area contributed by atoms with Crippen LogP contribution in [0.15, 0.2) is 12.1 Å². The average Bonchev–Trinajstić information content (AvgIpc) is 2.49. The highest BCUT2D eigenvalue weighted by atomic mass is 35.5. The number of carbonyl (C=O) groups is 1. The van der Waals surface area contributed by atoms with Crippen LogP contribution in [0.25, 0.3) is 0 Å². The van der Waals surface area contributed by atoms with Crippen LogP contribution in [0.5, 0.6) is 11.5 Å². The highest BCUT2D eigenvalue weighted by molar-refractivity contribution is 5.95. The van der Waals surface area contributed by atoms with E-state index in [2.05, 4.69) is 19.2 Å². The number of halogens is 1. The van der Waals surface area contributed by atoms with Gasteiger partial charge in [-0.05, 0) is 32.9 Å². The number of hydrogen-bond acceptors (Lipinski definition) is 4. The number of ether oxygens (including phenoxy) is 2. The van der Waals surface area contributed by atoms with Crippen LogP contribution in [0.3, 0.4) is 0 Å². The van der Waals surface area contributed by atoms with Crippen LogP contribution in [-0.2, 0) is 0 Å². The molecule has 6 heteroatoms. The summed E-state index contributed by atoms with van der Waals surface area (Å²) in [5.74, 6) is 1.37. The van der Waals surface area contributed by atoms with Gasteiger partial charge in [0.2, 0.25) is 0 Å². The molecule has 1 N–H and O–H groups in total. The molecular formula is C16H25ClN2O3. The topological polar surface area (TPSA) is 50.8 Å². The fourth-order valence-electron chi connectivity index (χ4n) is 2.72. The predicted octanol–water partition coefficient (Wildman–Crippen LogP) is 2.26. The summed E-state index contributed by atoms with van der Waals surface area (Å²) < 4.78 is 10.7. The van der Waals surface area contributed by atoms with Crippen molar-refractivity contribution in [2.45, 2.75) is 32.9 Å². The molecule has 0 bridgehead atoms. The third-order valence-electron chi connectivity index (χ3n) is 4.29. The SMILES string of the molecule is COc1cc(C(=O)N2CCNC(C)C2C)cc(OC)c1C.Cl. The number of methoxy groups -OCH3 is 2. The third kappa shape index (κ3) is 3.47. The van der Waals surface area contributed by atoms with Crippen molar-refractivity contribution < 1.29 is 14.3 Å². The molecule has 0 aliphatic carbocycles. The van der Waals surface area contributed by atoms with Gasteiger partial charge in [-0.25, -0.2) is 0 Å². The van der Waals surface area contributed by atoms with Gasteiger partial charge < -0.3 is 19.7 Å². The van der Waals surface area contributed by atoms with E-state index in [1.165, 1.54) is 0 Å². The van der Waals surface area contributed by atoms with Gasteiger partial charge in [-0.2, -0.15) is 0 Å². The van der Waals surface area contributed by atoms with E-state index >= 15 is 0 Å². The van der Waals surface area contributed by atoms with Crippen molar-refractivity contribution in [3.8, 4) is 11.5 Å². The highest BCUT2D eigenvalue weighted by Crippen LogP contribution is 2.30. The molecule has 1 heterocycles. The first-order chi connectivity index (χ1) is 9.99. The van der Waals surface area contributed by atoms with Crippen LogP contribution in [0.4, 0.5) is 0 Å². The Morgan fingerprint density at radius 2 is 1.77 bits per heavy atom. The Labute approximate surface area is 138 Å². The molecule has 1 aromatic carbocycles. The lowest BCUT2D eigenvalue weighted by Crippen LogP contribution is -2.57. The molecule has 0 aromatic heterocycles. The normalized spacial score (nSPS) is 21.0. The van der Waals surface area contributed by atoms with Gasteiger partial charge >= 0.3 is 0 Å². The van der Waals surface area contributed by atoms with Crippen LogP contribution in [0.2, 0.25) is 0 Å². The Bertz CT molecular complexity index is 511. The monoisotopic (exact) mass is 328 g/mol. The van der Waals surface area contributed by atoms with Crippen LogP contribution in [0.1, 0.15) is 29.8 Å². The number of piperazine rings is 1. The van der Waals surface area contributed by atoms with E-state index in [0.717, 1.165) is 12.1 Å². The number of benzene rings is 1. The largest absolute Gasteiger partial charge is 0.496 e. The zero-order chi connectivity index (χ0) is 15.6. The minimum absolute atomic E-state index is 0. The maximum atomic E-state index is 12.8. The zero-order valence-corrected chi connectivity index (χ0v) is 14.6. The average molecular weight is 329 g/mol. The lowest BCUT2D eigenvalue weighted by Gasteiger charge is -2.38. The van der Waals surface area contributed by atoms with Crippen molar-refractivity contribution in [1.82, 2.24) is 10.2 Å². The number of rotatable bonds is 3. The van der Waals surface area contributed by atoms with Gasteiger partial charge in [0.25, 0.3) is 5.91 Å². The Kier molecular flexibility index (Phi) is 6.50. The molecular weight excluding hydrogens is 304 g/mol. The number of hydrogen-bond donors (Lipinski definition) is 1. The van der Waals surface area contributed by atoms with Gasteiger partial charge in [-0.3, -0.25) is 4.79 Å². The number of nitrogens with zero attached hydrogens (tertiary/aromatic N) is 1. The Morgan fingerprint density at radius 3 is 2.27 bits per heavy atom. The number of carbonyl (C=O) groups excluding carboxylic acids is 1. The third-order valence-corrected chi connectivity index (χ3v) is 4.29. The van der Waals surface area contributed by atoms with Crippen LogP contribution >= 0.6 is 12.4 Å². The second-order valence-electron chi connectivity index (χ2n) is 5.49. The summed E-state index contributed by atoms with van der Waals surface area (Å²) in [6.45, 7) is 7.61. The molecule has 124 valence electrons. The molecule has 0 spiro atoms. The predicted molar refractivity (Wildman–Crippen MR) is 89.5 cm³/mol. The summed E-state index contributed by atoms with van der Waals surface area (Å²) in [6, 6.07) is 4.03. The summed E-state index contributed by atoms with van der Waals surface area (Å²) in [6.07, 6.45) is 0. The van der Waals surface area contributed by atoms with Crippen molar-refractivity contribution in [2.24, 2.45) is 0 Å². The molecule has 2 atom stereocenters. The molecule has 1 saturated heterocycles. The lowest BCUT2D eigenvalue weighted by molar-refractivity contribution is 0.0602. The summed E-state index contributed by atoms with van der Waals surface area (Å²) in [7, 11) is 3.21. The van der Waals surface area contributed by atoms with Crippen LogP contribution in [-0.4, -0.2) is 50.2 Å². The lowest BCUT2D eigenvalue weighted by atomic mass is 10.0. The summed E-state index contributed by atoms with van der Waals surface area (Å²) >= 11 is 0. The Morgan fingerprint density at radius 1 is 1.23 bits per heavy atom. The molecule has 22 heavy (non-hydrogen) atoms. The van der Waals surface area contributed by atoms with Gasteiger partial charge in [-0.15, -0.1) is 12.4 Å². The second kappa shape index (κ2) is 7.70. The van der Waals surface area contributed by atoms with Crippen molar-refractivity contribution in [3.05, 3.63) is 23.3 Å². The van der Waals surface area contributed by atoms with Gasteiger partial charge in [0.1, 0.15) is 11.5 Å². The quantitative estimate of drug-likeness (QED) is 0.924. The smallest absolute Gasteiger partial charge is 0.254 e.